The van der Waals surface area contributed by atoms with Gasteiger partial charge in [-0.2, -0.15) is 0 Å². The number of ether oxygens (including phenoxy) is 1. The zero-order valence-corrected chi connectivity index (χ0v) is 15.0. The van der Waals surface area contributed by atoms with Gasteiger partial charge < -0.3 is 14.7 Å². The molecule has 1 saturated heterocycles. The summed E-state index contributed by atoms with van der Waals surface area (Å²) in [5, 5.41) is 9.70. The molecule has 0 bridgehead atoms. The first-order valence-electron chi connectivity index (χ1n) is 8.48. The molecule has 1 aliphatic heterocycles. The highest BCUT2D eigenvalue weighted by Gasteiger charge is 2.33. The number of carbonyl (C=O) groups excluding carboxylic acids is 1. The third-order valence-electron chi connectivity index (χ3n) is 4.45. The van der Waals surface area contributed by atoms with E-state index >= 15 is 0 Å². The van der Waals surface area contributed by atoms with Crippen LogP contribution < -0.4 is 4.74 Å². The summed E-state index contributed by atoms with van der Waals surface area (Å²) >= 11 is 5.96. The van der Waals surface area contributed by atoms with Gasteiger partial charge in [-0.1, -0.05) is 35.9 Å². The van der Waals surface area contributed by atoms with Crippen molar-refractivity contribution in [2.75, 3.05) is 13.1 Å². The zero-order valence-electron chi connectivity index (χ0n) is 14.2. The fourth-order valence-corrected chi connectivity index (χ4v) is 3.18. The first-order valence-corrected chi connectivity index (χ1v) is 8.86. The Hall–Kier alpha value is -2.53. The van der Waals surface area contributed by atoms with Gasteiger partial charge in [0.05, 0.1) is 5.92 Å². The van der Waals surface area contributed by atoms with Crippen molar-refractivity contribution in [2.24, 2.45) is 5.92 Å². The fourth-order valence-electron chi connectivity index (χ4n) is 2.96. The molecular formula is C20H20ClNO4. The maximum atomic E-state index is 11.8. The van der Waals surface area contributed by atoms with Crippen molar-refractivity contribution in [2.45, 2.75) is 19.4 Å². The summed E-state index contributed by atoms with van der Waals surface area (Å²) in [6.07, 6.45) is 0.790. The summed E-state index contributed by atoms with van der Waals surface area (Å²) in [7, 11) is 0. The molecule has 0 radical (unpaired) electrons. The van der Waals surface area contributed by atoms with E-state index in [1.807, 2.05) is 48.5 Å². The number of nitrogens with zero attached hydrogens (tertiary/aromatic N) is 1. The molecule has 1 heterocycles. The van der Waals surface area contributed by atoms with Gasteiger partial charge in [0.2, 0.25) is 5.91 Å². The summed E-state index contributed by atoms with van der Waals surface area (Å²) < 4.78 is 5.75. The predicted octanol–water partition coefficient (Wildman–Crippen LogP) is 3.39. The third kappa shape index (κ3) is 4.76. The van der Waals surface area contributed by atoms with Gasteiger partial charge in [-0.25, -0.2) is 0 Å². The topological polar surface area (TPSA) is 66.8 Å². The molecule has 5 nitrogen and oxygen atoms in total. The second kappa shape index (κ2) is 8.23. The van der Waals surface area contributed by atoms with Crippen LogP contribution in [0.25, 0.3) is 0 Å². The summed E-state index contributed by atoms with van der Waals surface area (Å²) in [5.74, 6) is -0.803. The van der Waals surface area contributed by atoms with Crippen LogP contribution in [0, 0.1) is 5.92 Å². The van der Waals surface area contributed by atoms with Crippen molar-refractivity contribution in [3.63, 3.8) is 0 Å². The minimum Gasteiger partial charge on any atom is -0.489 e. The molecule has 1 amide bonds. The molecule has 1 aliphatic rings. The van der Waals surface area contributed by atoms with Gasteiger partial charge in [0.1, 0.15) is 12.4 Å². The van der Waals surface area contributed by atoms with Gasteiger partial charge in [-0.3, -0.25) is 9.59 Å². The summed E-state index contributed by atoms with van der Waals surface area (Å²) in [5.41, 5.74) is 2.08. The Morgan fingerprint density at radius 3 is 2.62 bits per heavy atom. The van der Waals surface area contributed by atoms with E-state index in [-0.39, 0.29) is 12.3 Å². The molecule has 1 unspecified atom stereocenters. The average Bonchev–Trinajstić information content (AvgIpc) is 3.00. The molecule has 0 aromatic heterocycles. The van der Waals surface area contributed by atoms with Gasteiger partial charge in [0, 0.05) is 24.5 Å². The third-order valence-corrected chi connectivity index (χ3v) is 4.69. The molecule has 0 aliphatic carbocycles. The van der Waals surface area contributed by atoms with Crippen LogP contribution in [-0.2, 0) is 22.6 Å². The number of carbonyl (C=O) groups is 2. The summed E-state index contributed by atoms with van der Waals surface area (Å²) in [6, 6.07) is 15.2. The lowest BCUT2D eigenvalue weighted by Gasteiger charge is -2.16. The van der Waals surface area contributed by atoms with Crippen LogP contribution in [0.1, 0.15) is 17.5 Å². The number of halogens is 1. The van der Waals surface area contributed by atoms with Crippen LogP contribution in [0.4, 0.5) is 0 Å². The Labute approximate surface area is 157 Å². The minimum absolute atomic E-state index is 0.0844. The number of carboxylic acid groups (broad SMARTS) is 1. The molecule has 0 saturated carbocycles. The van der Waals surface area contributed by atoms with E-state index < -0.39 is 11.9 Å². The Balaban J connectivity index is 1.49. The lowest BCUT2D eigenvalue weighted by molar-refractivity contribution is -0.141. The van der Waals surface area contributed by atoms with E-state index in [4.69, 9.17) is 21.4 Å². The van der Waals surface area contributed by atoms with E-state index in [9.17, 15) is 9.59 Å². The fraction of sp³-hybridized carbons (Fsp3) is 0.300. The van der Waals surface area contributed by atoms with Crippen molar-refractivity contribution in [3.8, 4) is 5.75 Å². The lowest BCUT2D eigenvalue weighted by atomic mass is 10.1. The van der Waals surface area contributed by atoms with Crippen LogP contribution in [-0.4, -0.2) is 35.0 Å². The molecule has 26 heavy (non-hydrogen) atoms. The van der Waals surface area contributed by atoms with E-state index in [2.05, 4.69) is 0 Å². The quantitative estimate of drug-likeness (QED) is 0.807. The molecule has 2 aromatic rings. The number of benzene rings is 2. The van der Waals surface area contributed by atoms with Gasteiger partial charge in [-0.05, 0) is 41.8 Å². The van der Waals surface area contributed by atoms with Crippen LogP contribution in [0.2, 0.25) is 5.02 Å². The van der Waals surface area contributed by atoms with Gasteiger partial charge in [0.25, 0.3) is 0 Å². The van der Waals surface area contributed by atoms with Crippen molar-refractivity contribution >= 4 is 23.5 Å². The van der Waals surface area contributed by atoms with Crippen molar-refractivity contribution in [1.29, 1.82) is 0 Å². The average molecular weight is 374 g/mol. The number of rotatable bonds is 7. The van der Waals surface area contributed by atoms with E-state index in [1.165, 1.54) is 0 Å². The van der Waals surface area contributed by atoms with E-state index in [0.717, 1.165) is 16.9 Å². The van der Waals surface area contributed by atoms with E-state index in [1.54, 1.807) is 4.90 Å². The molecule has 1 fully saturated rings. The summed E-state index contributed by atoms with van der Waals surface area (Å²) in [4.78, 5) is 24.5. The second-order valence-corrected chi connectivity index (χ2v) is 6.83. The maximum absolute atomic E-state index is 11.8. The standard InChI is InChI=1S/C20H20ClNO4/c21-17-3-1-2-15(10-17)13-26-18-6-4-14(5-7-18)8-9-22-12-16(20(24)25)11-19(22)23/h1-7,10,16H,8-9,11-13H2,(H,24,25). The molecule has 1 atom stereocenters. The largest absolute Gasteiger partial charge is 0.489 e. The Morgan fingerprint density at radius 1 is 1.19 bits per heavy atom. The highest BCUT2D eigenvalue weighted by atomic mass is 35.5. The smallest absolute Gasteiger partial charge is 0.308 e. The number of likely N-dealkylation sites (tertiary alicyclic amines) is 1. The highest BCUT2D eigenvalue weighted by molar-refractivity contribution is 6.30. The first kappa shape index (κ1) is 18.3. The first-order chi connectivity index (χ1) is 12.5. The van der Waals surface area contributed by atoms with Gasteiger partial charge in [0.15, 0.2) is 0 Å². The zero-order chi connectivity index (χ0) is 18.5. The van der Waals surface area contributed by atoms with E-state index in [0.29, 0.717) is 31.1 Å². The molecule has 136 valence electrons. The summed E-state index contributed by atoms with van der Waals surface area (Å²) in [6.45, 7) is 1.28. The number of hydrogen-bond acceptors (Lipinski definition) is 3. The molecule has 6 heteroatoms. The predicted molar refractivity (Wildman–Crippen MR) is 98.3 cm³/mol. The van der Waals surface area contributed by atoms with Crippen LogP contribution in [0.3, 0.4) is 0 Å². The minimum atomic E-state index is -0.901. The SMILES string of the molecule is O=C(O)C1CC(=O)N(CCc2ccc(OCc3cccc(Cl)c3)cc2)C1. The maximum Gasteiger partial charge on any atom is 0.308 e. The van der Waals surface area contributed by atoms with Gasteiger partial charge >= 0.3 is 5.97 Å². The molecule has 2 aromatic carbocycles. The highest BCUT2D eigenvalue weighted by Crippen LogP contribution is 2.20. The number of aliphatic carboxylic acids is 1. The molecule has 3 rings (SSSR count). The van der Waals surface area contributed by atoms with Crippen molar-refractivity contribution in [1.82, 2.24) is 4.90 Å². The molecule has 0 spiro atoms. The normalized spacial score (nSPS) is 16.7. The second-order valence-electron chi connectivity index (χ2n) is 6.39. The Bertz CT molecular complexity index is 791. The number of carboxylic acids is 1. The van der Waals surface area contributed by atoms with Crippen LogP contribution >= 0.6 is 11.6 Å². The monoisotopic (exact) mass is 373 g/mol. The van der Waals surface area contributed by atoms with Crippen LogP contribution in [0.5, 0.6) is 5.75 Å². The number of hydrogen-bond donors (Lipinski definition) is 1. The molecule has 1 N–H and O–H groups in total. The lowest BCUT2D eigenvalue weighted by Crippen LogP contribution is -2.28. The Morgan fingerprint density at radius 2 is 1.96 bits per heavy atom. The van der Waals surface area contributed by atoms with Gasteiger partial charge in [-0.15, -0.1) is 0 Å². The number of amides is 1. The van der Waals surface area contributed by atoms with Crippen molar-refractivity contribution < 1.29 is 19.4 Å². The van der Waals surface area contributed by atoms with Crippen molar-refractivity contribution in [3.05, 3.63) is 64.7 Å². The van der Waals surface area contributed by atoms with Crippen LogP contribution in [0.15, 0.2) is 48.5 Å². The molecular weight excluding hydrogens is 354 g/mol. The Kier molecular flexibility index (Phi) is 5.78.